The number of halogens is 3. The van der Waals surface area contributed by atoms with E-state index in [9.17, 15) is 18.0 Å². The minimum absolute atomic E-state index is 0.0702. The van der Waals surface area contributed by atoms with Gasteiger partial charge in [0, 0.05) is 30.3 Å². The fourth-order valence-electron chi connectivity index (χ4n) is 2.79. The summed E-state index contributed by atoms with van der Waals surface area (Å²) in [5, 5.41) is 4.17. The molecule has 0 spiro atoms. The molecule has 2 aromatic heterocycles. The number of alkyl halides is 3. The summed E-state index contributed by atoms with van der Waals surface area (Å²) in [5.41, 5.74) is 0.157. The van der Waals surface area contributed by atoms with E-state index < -0.39 is 11.7 Å². The molecule has 30 heavy (non-hydrogen) atoms. The molecule has 1 aliphatic rings. The quantitative estimate of drug-likeness (QED) is 0.437. The average Bonchev–Trinajstić information content (AvgIpc) is 3.18. The van der Waals surface area contributed by atoms with Crippen LogP contribution >= 0.6 is 34.9 Å². The Kier molecular flexibility index (Phi) is 6.34. The van der Waals surface area contributed by atoms with Crippen molar-refractivity contribution in [2.45, 2.75) is 11.2 Å². The molecule has 1 saturated heterocycles. The van der Waals surface area contributed by atoms with Crippen LogP contribution in [0.2, 0.25) is 0 Å². The van der Waals surface area contributed by atoms with Gasteiger partial charge in [0.05, 0.1) is 11.3 Å². The molecule has 3 heterocycles. The maximum absolute atomic E-state index is 12.6. The van der Waals surface area contributed by atoms with Crippen LogP contribution in [0.25, 0.3) is 10.3 Å². The van der Waals surface area contributed by atoms with Crippen LogP contribution in [0.5, 0.6) is 0 Å². The number of nitrogens with one attached hydrogen (secondary N) is 1. The van der Waals surface area contributed by atoms with E-state index in [1.54, 1.807) is 0 Å². The Morgan fingerprint density at radius 1 is 1.17 bits per heavy atom. The summed E-state index contributed by atoms with van der Waals surface area (Å²) in [7, 11) is 0. The van der Waals surface area contributed by atoms with Gasteiger partial charge in [-0.1, -0.05) is 23.1 Å². The van der Waals surface area contributed by atoms with Gasteiger partial charge in [-0.25, -0.2) is 9.97 Å². The topological polar surface area (TPSA) is 71.0 Å². The van der Waals surface area contributed by atoms with E-state index in [4.69, 9.17) is 0 Å². The maximum atomic E-state index is 12.6. The van der Waals surface area contributed by atoms with Crippen molar-refractivity contribution < 1.29 is 18.0 Å². The van der Waals surface area contributed by atoms with E-state index >= 15 is 0 Å². The molecule has 0 bridgehead atoms. The van der Waals surface area contributed by atoms with Crippen LogP contribution in [0.3, 0.4) is 0 Å². The number of benzene rings is 1. The van der Waals surface area contributed by atoms with Crippen molar-refractivity contribution in [2.75, 3.05) is 40.6 Å². The van der Waals surface area contributed by atoms with Crippen molar-refractivity contribution >= 4 is 61.9 Å². The number of anilines is 2. The Morgan fingerprint density at radius 2 is 1.90 bits per heavy atom. The van der Waals surface area contributed by atoms with Crippen LogP contribution in [0.15, 0.2) is 35.6 Å². The zero-order chi connectivity index (χ0) is 21.1. The van der Waals surface area contributed by atoms with Gasteiger partial charge >= 0.3 is 6.18 Å². The molecule has 3 aromatic rings. The summed E-state index contributed by atoms with van der Waals surface area (Å²) in [6, 6.07) is 4.35. The van der Waals surface area contributed by atoms with Crippen molar-refractivity contribution in [3.63, 3.8) is 0 Å². The molecule has 1 aliphatic heterocycles. The number of fused-ring (bicyclic) bond motifs is 1. The summed E-state index contributed by atoms with van der Waals surface area (Å²) in [6.07, 6.45) is -2.98. The molecule has 1 fully saturated rings. The van der Waals surface area contributed by atoms with Gasteiger partial charge in [0.2, 0.25) is 5.91 Å². The Morgan fingerprint density at radius 3 is 2.60 bits per heavy atom. The summed E-state index contributed by atoms with van der Waals surface area (Å²) in [5.74, 6) is 1.87. The number of rotatable bonds is 5. The van der Waals surface area contributed by atoms with Gasteiger partial charge in [-0.3, -0.25) is 4.79 Å². The standard InChI is InChI=1S/C18H16F3N5OS3/c19-18(20,21)11-1-3-12(4-2-11)24-13(27)9-29-16-14-15(22-10-23-16)25-17(30-14)26-5-7-28-8-6-26/h1-4,10H,5-9H2,(H,24,27). The number of hydrogen-bond donors (Lipinski definition) is 1. The van der Waals surface area contributed by atoms with Crippen LogP contribution in [-0.2, 0) is 11.0 Å². The largest absolute Gasteiger partial charge is 0.416 e. The molecular formula is C18H16F3N5OS3. The van der Waals surface area contributed by atoms with Gasteiger partial charge in [-0.05, 0) is 24.3 Å². The highest BCUT2D eigenvalue weighted by Gasteiger charge is 2.30. The third-order valence-electron chi connectivity index (χ3n) is 4.26. The van der Waals surface area contributed by atoms with Crippen LogP contribution in [-0.4, -0.2) is 51.2 Å². The van der Waals surface area contributed by atoms with Gasteiger partial charge in [0.15, 0.2) is 10.8 Å². The molecule has 158 valence electrons. The van der Waals surface area contributed by atoms with Gasteiger partial charge in [-0.15, -0.1) is 0 Å². The van der Waals surface area contributed by atoms with Crippen molar-refractivity contribution in [1.82, 2.24) is 15.0 Å². The molecule has 6 nitrogen and oxygen atoms in total. The van der Waals surface area contributed by atoms with Gasteiger partial charge < -0.3 is 10.2 Å². The lowest BCUT2D eigenvalue weighted by atomic mass is 10.2. The van der Waals surface area contributed by atoms with Crippen molar-refractivity contribution in [2.24, 2.45) is 0 Å². The summed E-state index contributed by atoms with van der Waals surface area (Å²) >= 11 is 4.68. The molecule has 1 aromatic carbocycles. The molecule has 0 unspecified atom stereocenters. The Bertz CT molecular complexity index is 1040. The predicted molar refractivity (Wildman–Crippen MR) is 116 cm³/mol. The average molecular weight is 472 g/mol. The zero-order valence-electron chi connectivity index (χ0n) is 15.5. The molecule has 1 N–H and O–H groups in total. The molecule has 4 rings (SSSR count). The molecule has 0 aliphatic carbocycles. The van der Waals surface area contributed by atoms with Crippen LogP contribution in [0, 0.1) is 0 Å². The number of nitrogens with zero attached hydrogens (tertiary/aromatic N) is 4. The first-order valence-electron chi connectivity index (χ1n) is 8.94. The zero-order valence-corrected chi connectivity index (χ0v) is 17.9. The normalized spacial score (nSPS) is 14.8. The van der Waals surface area contributed by atoms with Crippen molar-refractivity contribution in [3.05, 3.63) is 36.2 Å². The van der Waals surface area contributed by atoms with Crippen molar-refractivity contribution in [1.29, 1.82) is 0 Å². The fraction of sp³-hybridized carbons (Fsp3) is 0.333. The second kappa shape index (κ2) is 8.98. The number of hydrogen-bond acceptors (Lipinski definition) is 8. The first-order valence-corrected chi connectivity index (χ1v) is 11.9. The first-order chi connectivity index (χ1) is 14.4. The Balaban J connectivity index is 1.40. The Labute approximate surface area is 182 Å². The van der Waals surface area contributed by atoms with E-state index in [1.165, 1.54) is 41.6 Å². The number of carbonyl (C=O) groups excluding carboxylic acids is 1. The maximum Gasteiger partial charge on any atom is 0.416 e. The van der Waals surface area contributed by atoms with Gasteiger partial charge in [0.1, 0.15) is 16.1 Å². The van der Waals surface area contributed by atoms with Gasteiger partial charge in [0.25, 0.3) is 0 Å². The molecule has 0 saturated carbocycles. The molecule has 12 heteroatoms. The second-order valence-electron chi connectivity index (χ2n) is 6.34. The van der Waals surface area contributed by atoms with Gasteiger partial charge in [-0.2, -0.15) is 29.9 Å². The highest BCUT2D eigenvalue weighted by Crippen LogP contribution is 2.34. The van der Waals surface area contributed by atoms with Crippen LogP contribution in [0.1, 0.15) is 5.56 Å². The predicted octanol–water partition coefficient (Wildman–Crippen LogP) is 4.39. The Hall–Kier alpha value is -2.05. The summed E-state index contributed by atoms with van der Waals surface area (Å²) in [6.45, 7) is 1.88. The minimum atomic E-state index is -4.41. The molecule has 0 atom stereocenters. The molecule has 0 radical (unpaired) electrons. The molecular weight excluding hydrogens is 455 g/mol. The fourth-order valence-corrected chi connectivity index (χ4v) is 5.63. The highest BCUT2D eigenvalue weighted by molar-refractivity contribution is 8.00. The number of amides is 1. The smallest absolute Gasteiger partial charge is 0.346 e. The van der Waals surface area contributed by atoms with E-state index in [0.717, 1.165) is 46.6 Å². The second-order valence-corrected chi connectivity index (χ2v) is 9.51. The number of thioether (sulfide) groups is 2. The van der Waals surface area contributed by atoms with E-state index in [2.05, 4.69) is 25.2 Å². The lowest BCUT2D eigenvalue weighted by molar-refractivity contribution is -0.137. The van der Waals surface area contributed by atoms with Crippen LogP contribution in [0.4, 0.5) is 24.0 Å². The third-order valence-corrected chi connectivity index (χ3v) is 7.44. The third kappa shape index (κ3) is 4.98. The van der Waals surface area contributed by atoms with Crippen LogP contribution < -0.4 is 10.2 Å². The van der Waals surface area contributed by atoms with E-state index in [1.807, 2.05) is 11.8 Å². The van der Waals surface area contributed by atoms with E-state index in [0.29, 0.717) is 16.4 Å². The molecule has 1 amide bonds. The summed E-state index contributed by atoms with van der Waals surface area (Å²) < 4.78 is 38.7. The van der Waals surface area contributed by atoms with E-state index in [-0.39, 0.29) is 11.7 Å². The highest BCUT2D eigenvalue weighted by atomic mass is 32.2. The monoisotopic (exact) mass is 471 g/mol. The number of carbonyl (C=O) groups is 1. The number of aromatic nitrogens is 3. The SMILES string of the molecule is O=C(CSc1ncnc2nc(N3CCSCC3)sc12)Nc1ccc(C(F)(F)F)cc1. The first kappa shape index (κ1) is 21.2. The van der Waals surface area contributed by atoms with Crippen molar-refractivity contribution in [3.8, 4) is 0 Å². The lowest BCUT2D eigenvalue weighted by Gasteiger charge is -2.25. The number of thiazole rings is 1. The summed E-state index contributed by atoms with van der Waals surface area (Å²) in [4.78, 5) is 27.6. The minimum Gasteiger partial charge on any atom is -0.346 e. The lowest BCUT2D eigenvalue weighted by Crippen LogP contribution is -2.32.